The van der Waals surface area contributed by atoms with Crippen molar-refractivity contribution in [1.29, 1.82) is 0 Å². The summed E-state index contributed by atoms with van der Waals surface area (Å²) in [5.74, 6) is 0. The zero-order chi connectivity index (χ0) is 93.8. The highest BCUT2D eigenvalue weighted by atomic mass is 19.4. The SMILES string of the molecule is CC(C)Nc1c(-c2cnn([C@H]3CCN(C4COC4)C[C@@H]3F)c2)cnc2[nH]ccc12.CCNc1c(-c2cnn([C@H]3CCN(C4COC4)C[C@@H]3F)c2)cnc2[nH]ccc12.CNc1c(-c2cnn([C@H]3CCN(C4COC4)C[C@@H]3F)c2)cnc2[nH]ccc12.CNc1c(C(F)(F)F)cnc2[nH]cc(-c3cc(N4CCOCC4)ccn3)c12.Cc1c[nH]c2ncc(-c3cnn(C4CCOCC4)c3)c(NC(C)C)c12. The van der Waals surface area contributed by atoms with E-state index in [1.165, 1.54) is 12.6 Å². The van der Waals surface area contributed by atoms with Crippen LogP contribution in [0, 0.1) is 6.92 Å². The number of pyridine rings is 6. The molecule has 23 rings (SSSR count). The number of aromatic nitrogens is 19. The second kappa shape index (κ2) is 40.8. The molecular formula is C97H118F6N28O5. The van der Waals surface area contributed by atoms with Gasteiger partial charge in [-0.05, 0) is 110 Å². The summed E-state index contributed by atoms with van der Waals surface area (Å²) < 4.78 is 119. The smallest absolute Gasteiger partial charge is 0.387 e. The molecule has 33 nitrogen and oxygen atoms in total. The van der Waals surface area contributed by atoms with Gasteiger partial charge in [-0.25, -0.2) is 38.1 Å². The van der Waals surface area contributed by atoms with Crippen LogP contribution in [0.2, 0.25) is 0 Å². The third kappa shape index (κ3) is 19.5. The first-order valence-electron chi connectivity index (χ1n) is 47.2. The van der Waals surface area contributed by atoms with Crippen LogP contribution >= 0.6 is 0 Å². The lowest BCUT2D eigenvalue weighted by Crippen LogP contribution is -2.55. The second-order valence-corrected chi connectivity index (χ2v) is 36.6. The van der Waals surface area contributed by atoms with Gasteiger partial charge in [0.25, 0.3) is 0 Å². The van der Waals surface area contributed by atoms with Gasteiger partial charge < -0.3 is 80.1 Å². The number of nitrogens with one attached hydrogen (secondary N) is 10. The van der Waals surface area contributed by atoms with Gasteiger partial charge >= 0.3 is 6.18 Å². The Hall–Kier alpha value is -12.5. The van der Waals surface area contributed by atoms with Crippen molar-refractivity contribution in [3.63, 3.8) is 0 Å². The Morgan fingerprint density at radius 3 is 1.31 bits per heavy atom. The number of piperidine rings is 3. The number of aromatic amines is 5. The quantitative estimate of drug-likeness (QED) is 0.0299. The van der Waals surface area contributed by atoms with E-state index in [2.05, 4.69) is 174 Å². The number of hydrogen-bond donors (Lipinski definition) is 10. The minimum absolute atomic E-state index is 0.0117. The minimum Gasteiger partial charge on any atom is -0.387 e. The summed E-state index contributed by atoms with van der Waals surface area (Å²) in [6.45, 7) is 26.3. The summed E-state index contributed by atoms with van der Waals surface area (Å²) in [5, 5.41) is 39.3. The van der Waals surface area contributed by atoms with E-state index in [4.69, 9.17) is 23.7 Å². The second-order valence-electron chi connectivity index (χ2n) is 36.6. The maximum absolute atomic E-state index is 15.0. The summed E-state index contributed by atoms with van der Waals surface area (Å²) >= 11 is 0. The molecule has 0 saturated carbocycles. The van der Waals surface area contributed by atoms with Gasteiger partial charge in [-0.1, -0.05) is 0 Å². The Morgan fingerprint density at radius 1 is 0.426 bits per heavy atom. The Labute approximate surface area is 782 Å². The maximum Gasteiger partial charge on any atom is 0.419 e. The molecule has 8 saturated heterocycles. The topological polar surface area (TPSA) is 347 Å². The van der Waals surface area contributed by atoms with Crippen molar-refractivity contribution in [1.82, 2.24) is 109 Å². The third-order valence-electron chi connectivity index (χ3n) is 27.0. The van der Waals surface area contributed by atoms with Crippen LogP contribution in [-0.2, 0) is 29.9 Å². The first kappa shape index (κ1) is 92.6. The fourth-order valence-corrected chi connectivity index (χ4v) is 19.6. The number of hydrogen-bond acceptors (Lipinski definition) is 24. The van der Waals surface area contributed by atoms with Crippen LogP contribution in [-0.4, -0.2) is 296 Å². The maximum atomic E-state index is 15.0. The number of H-pyrrole nitrogens is 5. The molecule has 39 heteroatoms. The lowest BCUT2D eigenvalue weighted by molar-refractivity contribution is -0.137. The molecule has 0 aliphatic carbocycles. The highest BCUT2D eigenvalue weighted by Gasteiger charge is 2.42. The van der Waals surface area contributed by atoms with Crippen molar-refractivity contribution in [2.75, 3.05) is 171 Å². The van der Waals surface area contributed by atoms with Crippen LogP contribution in [0.15, 0.2) is 148 Å². The highest BCUT2D eigenvalue weighted by Crippen LogP contribution is 2.45. The number of ether oxygens (including phenoxy) is 5. The average molecular weight is 1870 g/mol. The van der Waals surface area contributed by atoms with E-state index in [1.807, 2.05) is 124 Å². The van der Waals surface area contributed by atoms with Crippen molar-refractivity contribution >= 4 is 89.3 Å². The number of anilines is 6. The lowest BCUT2D eigenvalue weighted by atomic mass is 10.0. The molecule has 136 heavy (non-hydrogen) atoms. The fraction of sp³-hybridized carbons (Fsp3) is 0.464. The molecule has 0 aromatic carbocycles. The van der Waals surface area contributed by atoms with E-state index < -0.39 is 30.3 Å². The number of nitrogens with zero attached hydrogens (tertiary/aromatic N) is 18. The predicted octanol–water partition coefficient (Wildman–Crippen LogP) is 16.0. The highest BCUT2D eigenvalue weighted by molar-refractivity contribution is 6.04. The number of alkyl halides is 6. The summed E-state index contributed by atoms with van der Waals surface area (Å²) in [4.78, 5) is 50.9. The first-order chi connectivity index (χ1) is 66.2. The molecule has 8 aliphatic heterocycles. The summed E-state index contributed by atoms with van der Waals surface area (Å²) in [5.41, 5.74) is 18.5. The number of fused-ring (bicyclic) bond motifs is 5. The number of halogens is 6. The van der Waals surface area contributed by atoms with Gasteiger partial charge in [0.2, 0.25) is 0 Å². The van der Waals surface area contributed by atoms with E-state index in [0.717, 1.165) is 248 Å². The normalized spacial score (nSPS) is 20.7. The van der Waals surface area contributed by atoms with Crippen LogP contribution in [0.3, 0.4) is 0 Å². The standard InChI is InChI=1S/C21H27FN6O.C20H25FN6O.C19H23FN6O.C19H25N5O.C18H18F3N5O/c1-13(2)26-20-16-3-5-23-21(16)24-8-17(20)14-7-25-28(9-14)19-4-6-27(10-18(19)22)15-11-29-12-15;1-2-22-19-15-3-5-23-20(15)24-8-16(19)13-7-25-27(9-13)18-4-6-26(10-17(18)21)14-11-28-12-14;1-21-18-14-2-4-22-19(14)23-7-15(18)12-6-24-26(8-12)17-3-5-25(9-16(17)20)13-10-27-11-13;1-12(2)23-18-16(10-21-19-17(18)13(3)8-20-19)14-9-22-24(11-14)15-4-6-25-7-5-15;1-22-16-13(18(19,20)21)10-25-17-15(16)12(9-24-17)14-8-11(2-3-23-14)26-4-6-27-7-5-26/h3,5,7-9,13,15,18-19H,4,6,10-12H2,1-2H3,(H2,23,24,26);3,5,7-9,14,17-18H,2,4,6,10-12H2,1H3,(H2,22,23,24);2,4,6-8,13,16-17H,3,5,9-11H2,1H3,(H2,21,22,23);8-12,15H,4-7H2,1-3H3,(H2,20,21,23);2-3,8-10H,4-7H2,1H3,(H2,22,24,25)/t18-,19-;17-,18-;16-,17-;;/m000../s1. The Morgan fingerprint density at radius 2 is 0.846 bits per heavy atom. The predicted molar refractivity (Wildman–Crippen MR) is 515 cm³/mol. The number of aryl methyl sites for hydroxylation is 1. The summed E-state index contributed by atoms with van der Waals surface area (Å²) in [6.07, 6.45) is 31.7. The molecule has 0 spiro atoms. The monoisotopic (exact) mass is 1870 g/mol. The van der Waals surface area contributed by atoms with Gasteiger partial charge in [-0.15, -0.1) is 0 Å². The Balaban J connectivity index is 0.000000109. The zero-order valence-electron chi connectivity index (χ0n) is 77.6. The molecule has 0 bridgehead atoms. The van der Waals surface area contributed by atoms with Crippen LogP contribution in [0.25, 0.3) is 111 Å². The van der Waals surface area contributed by atoms with Crippen LogP contribution in [0.1, 0.15) is 102 Å². The van der Waals surface area contributed by atoms with Crippen molar-refractivity contribution in [2.24, 2.45) is 0 Å². The molecule has 6 atom stereocenters. The van der Waals surface area contributed by atoms with Gasteiger partial charge in [0, 0.05) is 269 Å². The number of morpholine rings is 1. The number of likely N-dealkylation sites (tertiary alicyclic amines) is 3. The van der Waals surface area contributed by atoms with E-state index in [1.54, 1.807) is 32.6 Å². The molecule has 0 amide bonds. The molecule has 15 aromatic heterocycles. The van der Waals surface area contributed by atoms with E-state index in [-0.39, 0.29) is 29.9 Å². The van der Waals surface area contributed by atoms with Gasteiger partial charge in [0.15, 0.2) is 0 Å². The van der Waals surface area contributed by atoms with Gasteiger partial charge in [0.05, 0.1) is 165 Å². The molecule has 10 N–H and O–H groups in total. The Kier molecular flexibility index (Phi) is 27.8. The van der Waals surface area contributed by atoms with E-state index in [0.29, 0.717) is 85.3 Å². The molecular weight excluding hydrogens is 1750 g/mol. The van der Waals surface area contributed by atoms with Gasteiger partial charge in [-0.2, -0.15) is 33.6 Å². The van der Waals surface area contributed by atoms with E-state index in [9.17, 15) is 26.3 Å². The molecule has 15 aromatic rings. The minimum atomic E-state index is -4.50. The van der Waals surface area contributed by atoms with Crippen LogP contribution in [0.4, 0.5) is 60.5 Å². The molecule has 0 radical (unpaired) electrons. The van der Waals surface area contributed by atoms with Gasteiger partial charge in [0.1, 0.15) is 46.8 Å². The number of rotatable bonds is 21. The fourth-order valence-electron chi connectivity index (χ4n) is 19.6. The summed E-state index contributed by atoms with van der Waals surface area (Å²) in [7, 11) is 3.37. The Bertz CT molecular complexity index is 6550. The van der Waals surface area contributed by atoms with Crippen molar-refractivity contribution in [3.05, 3.63) is 159 Å². The van der Waals surface area contributed by atoms with Gasteiger partial charge in [-0.3, -0.25) is 38.4 Å². The lowest BCUT2D eigenvalue weighted by Gasteiger charge is -2.42. The largest absolute Gasteiger partial charge is 0.419 e. The summed E-state index contributed by atoms with van der Waals surface area (Å²) in [6, 6.07) is 11.3. The zero-order valence-corrected chi connectivity index (χ0v) is 77.6. The van der Waals surface area contributed by atoms with Crippen molar-refractivity contribution in [3.8, 4) is 55.8 Å². The van der Waals surface area contributed by atoms with Crippen LogP contribution in [0.5, 0.6) is 0 Å². The van der Waals surface area contributed by atoms with Crippen molar-refractivity contribution in [2.45, 2.75) is 153 Å². The first-order valence-corrected chi connectivity index (χ1v) is 47.2. The molecule has 8 aliphatic rings. The van der Waals surface area contributed by atoms with Crippen LogP contribution < -0.4 is 31.5 Å². The average Bonchev–Trinajstić information content (AvgIpc) is 1.55. The molecule has 0 unspecified atom stereocenters. The molecule has 8 fully saturated rings. The molecule has 718 valence electrons. The third-order valence-corrected chi connectivity index (χ3v) is 27.0. The van der Waals surface area contributed by atoms with E-state index >= 15 is 0 Å². The van der Waals surface area contributed by atoms with Crippen molar-refractivity contribution < 1.29 is 50.0 Å². The molecule has 23 heterocycles.